The number of imidazole rings is 1. The van der Waals surface area contributed by atoms with Crippen LogP contribution in [-0.2, 0) is 38.5 Å². The minimum absolute atomic E-state index is 0.0778. The van der Waals surface area contributed by atoms with Gasteiger partial charge in [-0.15, -0.1) is 0 Å². The Morgan fingerprint density at radius 1 is 0.895 bits per heavy atom. The number of benzene rings is 2. The van der Waals surface area contributed by atoms with Gasteiger partial charge in [-0.1, -0.05) is 35.5 Å². The predicted octanol–water partition coefficient (Wildman–Crippen LogP) is 5.97. The molecule has 6 rings (SSSR count). The molecule has 2 aromatic heterocycles. The molecule has 0 aliphatic carbocycles. The maximum atomic E-state index is 13.5. The molecule has 4 heterocycles. The number of alkyl halides is 6. The highest BCUT2D eigenvalue weighted by Gasteiger charge is 2.39. The van der Waals surface area contributed by atoms with Crippen LogP contribution in [0.2, 0.25) is 0 Å². The highest BCUT2D eigenvalue weighted by molar-refractivity contribution is 5.80. The number of anilines is 1. The quantitative estimate of drug-likeness (QED) is 0.328. The Morgan fingerprint density at radius 2 is 1.63 bits per heavy atom. The molecule has 0 radical (unpaired) electrons. The molecular weight excluding hydrogens is 514 g/mol. The monoisotopic (exact) mass is 532 g/mol. The third kappa shape index (κ3) is 4.48. The summed E-state index contributed by atoms with van der Waals surface area (Å²) in [5, 5.41) is 9.63. The fourth-order valence-electron chi connectivity index (χ4n) is 4.60. The van der Waals surface area contributed by atoms with E-state index in [-0.39, 0.29) is 24.1 Å². The Balaban J connectivity index is 1.18. The van der Waals surface area contributed by atoms with Crippen molar-refractivity contribution < 1.29 is 30.9 Å². The van der Waals surface area contributed by atoms with Gasteiger partial charge < -0.3 is 14.4 Å². The van der Waals surface area contributed by atoms with Gasteiger partial charge in [-0.05, 0) is 23.3 Å². The number of hydrogen-bond acceptors (Lipinski definition) is 6. The molecule has 0 amide bonds. The number of nitrogens with zero attached hydrogens (tertiary/aromatic N) is 5. The second-order valence-electron chi connectivity index (χ2n) is 9.05. The van der Waals surface area contributed by atoms with Gasteiger partial charge in [0.1, 0.15) is 11.4 Å². The van der Waals surface area contributed by atoms with Crippen LogP contribution >= 0.6 is 0 Å². The average Bonchev–Trinajstić information content (AvgIpc) is 3.60. The molecule has 4 aromatic rings. The van der Waals surface area contributed by atoms with Gasteiger partial charge in [-0.25, -0.2) is 4.98 Å². The van der Waals surface area contributed by atoms with Crippen molar-refractivity contribution in [3.63, 3.8) is 0 Å². The summed E-state index contributed by atoms with van der Waals surface area (Å²) in [6.45, 7) is 1.88. The largest absolute Gasteiger partial charge is 0.417 e. The average molecular weight is 532 g/mol. The van der Waals surface area contributed by atoms with E-state index in [1.165, 1.54) is 17.2 Å². The van der Waals surface area contributed by atoms with Gasteiger partial charge in [0.05, 0.1) is 36.1 Å². The molecule has 1 N–H and O–H groups in total. The minimum Gasteiger partial charge on any atom is -0.359 e. The lowest BCUT2D eigenvalue weighted by Crippen LogP contribution is -2.21. The zero-order chi connectivity index (χ0) is 26.7. The van der Waals surface area contributed by atoms with Crippen molar-refractivity contribution in [2.45, 2.75) is 38.5 Å². The molecule has 2 aromatic carbocycles. The number of hydrazone groups is 1. The SMILES string of the molecule is FC(F)(F)c1ccc(-c2cc(CN3Cc4[nH]c(N5Cc6ccccc6C5)nc4C=N3)on2)c(C(F)(F)F)c1. The van der Waals surface area contributed by atoms with Crippen molar-refractivity contribution in [1.29, 1.82) is 0 Å². The molecule has 0 bridgehead atoms. The first-order chi connectivity index (χ1) is 18.0. The molecule has 0 saturated carbocycles. The van der Waals surface area contributed by atoms with Gasteiger partial charge in [0.2, 0.25) is 5.95 Å². The van der Waals surface area contributed by atoms with Crippen LogP contribution in [-0.4, -0.2) is 26.3 Å². The molecule has 0 atom stereocenters. The van der Waals surface area contributed by atoms with E-state index in [0.29, 0.717) is 24.3 Å². The summed E-state index contributed by atoms with van der Waals surface area (Å²) in [5.41, 5.74) is 0.405. The van der Waals surface area contributed by atoms with E-state index in [1.54, 1.807) is 11.2 Å². The van der Waals surface area contributed by atoms with Crippen LogP contribution in [0.25, 0.3) is 11.3 Å². The van der Waals surface area contributed by atoms with Crippen LogP contribution in [0.1, 0.15) is 39.4 Å². The van der Waals surface area contributed by atoms with E-state index in [4.69, 9.17) is 4.52 Å². The summed E-state index contributed by atoms with van der Waals surface area (Å²) in [6, 6.07) is 10.8. The number of aromatic amines is 1. The summed E-state index contributed by atoms with van der Waals surface area (Å²) in [4.78, 5) is 10.1. The molecule has 7 nitrogen and oxygen atoms in total. The number of fused-ring (bicyclic) bond motifs is 2. The van der Waals surface area contributed by atoms with Crippen molar-refractivity contribution in [2.75, 3.05) is 4.90 Å². The number of halogens is 6. The van der Waals surface area contributed by atoms with Crippen molar-refractivity contribution in [1.82, 2.24) is 20.1 Å². The van der Waals surface area contributed by atoms with E-state index in [9.17, 15) is 26.3 Å². The molecule has 2 aliphatic rings. The number of rotatable bonds is 4. The highest BCUT2D eigenvalue weighted by Crippen LogP contribution is 2.41. The Bertz CT molecular complexity index is 1510. The molecule has 2 aliphatic heterocycles. The molecule has 13 heteroatoms. The summed E-state index contributed by atoms with van der Waals surface area (Å²) in [7, 11) is 0. The molecular formula is C25H18F6N6O. The summed E-state index contributed by atoms with van der Waals surface area (Å²) < 4.78 is 84.8. The van der Waals surface area contributed by atoms with Crippen LogP contribution in [0.3, 0.4) is 0 Å². The number of hydrogen-bond donors (Lipinski definition) is 1. The van der Waals surface area contributed by atoms with Gasteiger partial charge in [0.15, 0.2) is 5.76 Å². The lowest BCUT2D eigenvalue weighted by atomic mass is 10.0. The maximum Gasteiger partial charge on any atom is 0.417 e. The molecule has 0 saturated heterocycles. The van der Waals surface area contributed by atoms with Crippen LogP contribution < -0.4 is 4.90 Å². The molecule has 0 spiro atoms. The van der Waals surface area contributed by atoms with Crippen molar-refractivity contribution in [3.05, 3.63) is 87.9 Å². The van der Waals surface area contributed by atoms with Crippen LogP contribution in [0.15, 0.2) is 58.2 Å². The van der Waals surface area contributed by atoms with E-state index in [2.05, 4.69) is 37.3 Å². The second-order valence-corrected chi connectivity index (χ2v) is 9.05. The highest BCUT2D eigenvalue weighted by atomic mass is 19.4. The van der Waals surface area contributed by atoms with E-state index < -0.39 is 29.0 Å². The van der Waals surface area contributed by atoms with Crippen LogP contribution in [0.4, 0.5) is 32.3 Å². The Labute approximate surface area is 211 Å². The third-order valence-electron chi connectivity index (χ3n) is 6.45. The first-order valence-electron chi connectivity index (χ1n) is 11.5. The van der Waals surface area contributed by atoms with E-state index in [0.717, 1.165) is 24.8 Å². The van der Waals surface area contributed by atoms with Crippen molar-refractivity contribution in [2.24, 2.45) is 5.10 Å². The summed E-state index contributed by atoms with van der Waals surface area (Å²) in [6.07, 6.45) is -8.35. The first kappa shape index (κ1) is 24.1. The van der Waals surface area contributed by atoms with Gasteiger partial charge in [-0.3, -0.25) is 5.01 Å². The minimum atomic E-state index is -5.02. The molecule has 0 fully saturated rings. The fraction of sp³-hybridized carbons (Fsp3) is 0.240. The smallest absolute Gasteiger partial charge is 0.359 e. The lowest BCUT2D eigenvalue weighted by molar-refractivity contribution is -0.142. The topological polar surface area (TPSA) is 73.6 Å². The standard InChI is InChI=1S/C25H18F6N6O/c26-24(27,28)16-5-6-18(19(7-16)25(29,30)31)20-8-17(38-35-20)12-37-13-22-21(9-32-37)33-23(34-22)36-10-14-3-1-2-4-15(14)11-36/h1-9H,10-13H2,(H,33,34). The second kappa shape index (κ2) is 8.64. The Hall–Kier alpha value is -4.29. The van der Waals surface area contributed by atoms with Crippen molar-refractivity contribution in [3.8, 4) is 11.3 Å². The zero-order valence-electron chi connectivity index (χ0n) is 19.4. The normalized spacial score (nSPS) is 15.2. The van der Waals surface area contributed by atoms with Crippen LogP contribution in [0.5, 0.6) is 0 Å². The van der Waals surface area contributed by atoms with Gasteiger partial charge in [0.25, 0.3) is 0 Å². The van der Waals surface area contributed by atoms with E-state index >= 15 is 0 Å². The molecule has 196 valence electrons. The zero-order valence-corrected chi connectivity index (χ0v) is 19.4. The van der Waals surface area contributed by atoms with E-state index in [1.807, 2.05) is 12.1 Å². The fourth-order valence-corrected chi connectivity index (χ4v) is 4.60. The van der Waals surface area contributed by atoms with Gasteiger partial charge >= 0.3 is 12.4 Å². The van der Waals surface area contributed by atoms with Gasteiger partial charge in [-0.2, -0.15) is 31.4 Å². The Morgan fingerprint density at radius 3 is 2.32 bits per heavy atom. The molecule has 0 unspecified atom stereocenters. The Kier molecular flexibility index (Phi) is 5.47. The molecule has 38 heavy (non-hydrogen) atoms. The number of nitrogens with one attached hydrogen (secondary N) is 1. The summed E-state index contributed by atoms with van der Waals surface area (Å²) >= 11 is 0. The third-order valence-corrected chi connectivity index (χ3v) is 6.45. The number of H-pyrrole nitrogens is 1. The van der Waals surface area contributed by atoms with Gasteiger partial charge in [0, 0.05) is 24.7 Å². The first-order valence-corrected chi connectivity index (χ1v) is 11.5. The summed E-state index contributed by atoms with van der Waals surface area (Å²) in [5.74, 6) is 0.909. The lowest BCUT2D eigenvalue weighted by Gasteiger charge is -2.19. The predicted molar refractivity (Wildman–Crippen MR) is 124 cm³/mol. The maximum absolute atomic E-state index is 13.5. The van der Waals surface area contributed by atoms with Crippen LogP contribution in [0, 0.1) is 0 Å². The number of aromatic nitrogens is 3. The van der Waals surface area contributed by atoms with Crippen molar-refractivity contribution >= 4 is 12.2 Å².